The first kappa shape index (κ1) is 14.4. The number of hydrogen-bond donors (Lipinski definition) is 2. The van der Waals surface area contributed by atoms with E-state index in [0.717, 1.165) is 5.39 Å². The molecule has 1 aromatic heterocycles. The summed E-state index contributed by atoms with van der Waals surface area (Å²) in [5.74, 6) is 5.52. The summed E-state index contributed by atoms with van der Waals surface area (Å²) in [5, 5.41) is 1.45. The van der Waals surface area contributed by atoms with E-state index in [1.807, 2.05) is 0 Å². The van der Waals surface area contributed by atoms with Gasteiger partial charge in [-0.1, -0.05) is 35.3 Å². The molecule has 3 nitrogen and oxygen atoms in total. The summed E-state index contributed by atoms with van der Waals surface area (Å²) in [7, 11) is 0. The average molecular weight is 325 g/mol. The van der Waals surface area contributed by atoms with Gasteiger partial charge in [-0.05, 0) is 30.3 Å². The molecule has 108 valence electrons. The van der Waals surface area contributed by atoms with Crippen molar-refractivity contribution in [3.8, 4) is 0 Å². The molecule has 0 aliphatic rings. The maximum Gasteiger partial charge on any atom is 0.147 e. The topological polar surface area (TPSA) is 51.2 Å². The van der Waals surface area contributed by atoms with Crippen LogP contribution in [0.3, 0.4) is 0 Å². The van der Waals surface area contributed by atoms with Crippen molar-refractivity contribution in [1.82, 2.24) is 5.43 Å². The first-order chi connectivity index (χ1) is 10.1. The third-order valence-corrected chi connectivity index (χ3v) is 3.77. The molecule has 2 aromatic carbocycles. The Balaban J connectivity index is 2.11. The van der Waals surface area contributed by atoms with Crippen molar-refractivity contribution in [2.45, 2.75) is 6.04 Å². The Morgan fingerprint density at radius 3 is 2.71 bits per heavy atom. The van der Waals surface area contributed by atoms with Gasteiger partial charge in [-0.25, -0.2) is 9.82 Å². The van der Waals surface area contributed by atoms with Gasteiger partial charge >= 0.3 is 0 Å². The van der Waals surface area contributed by atoms with Crippen LogP contribution in [-0.4, -0.2) is 0 Å². The molecule has 0 radical (unpaired) electrons. The number of furan rings is 1. The van der Waals surface area contributed by atoms with Gasteiger partial charge in [-0.3, -0.25) is 5.84 Å². The lowest BCUT2D eigenvalue weighted by atomic mass is 10.0. The summed E-state index contributed by atoms with van der Waals surface area (Å²) in [5.41, 5.74) is 3.52. The highest BCUT2D eigenvalue weighted by Gasteiger charge is 2.21. The number of halogens is 3. The third-order valence-electron chi connectivity index (χ3n) is 3.24. The molecular weight excluding hydrogens is 314 g/mol. The van der Waals surface area contributed by atoms with Crippen LogP contribution in [0, 0.1) is 5.82 Å². The van der Waals surface area contributed by atoms with Crippen LogP contribution in [0.4, 0.5) is 4.39 Å². The van der Waals surface area contributed by atoms with Crippen LogP contribution in [0.5, 0.6) is 0 Å². The zero-order chi connectivity index (χ0) is 15.0. The minimum absolute atomic E-state index is 0.0342. The zero-order valence-electron chi connectivity index (χ0n) is 10.7. The highest BCUT2D eigenvalue weighted by molar-refractivity contribution is 6.31. The number of rotatable bonds is 3. The number of benzene rings is 2. The van der Waals surface area contributed by atoms with Crippen LogP contribution in [0.2, 0.25) is 10.0 Å². The second-order valence-electron chi connectivity index (χ2n) is 4.57. The summed E-state index contributed by atoms with van der Waals surface area (Å²) >= 11 is 11.8. The molecule has 1 atom stereocenters. The predicted molar refractivity (Wildman–Crippen MR) is 81.8 cm³/mol. The third kappa shape index (κ3) is 2.63. The fourth-order valence-corrected chi connectivity index (χ4v) is 2.61. The van der Waals surface area contributed by atoms with Crippen molar-refractivity contribution in [3.63, 3.8) is 0 Å². The van der Waals surface area contributed by atoms with Gasteiger partial charge in [0.05, 0.1) is 5.02 Å². The molecule has 1 heterocycles. The Morgan fingerprint density at radius 2 is 1.95 bits per heavy atom. The Labute approximate surface area is 130 Å². The zero-order valence-corrected chi connectivity index (χ0v) is 12.3. The van der Waals surface area contributed by atoms with Gasteiger partial charge in [0.25, 0.3) is 0 Å². The van der Waals surface area contributed by atoms with Crippen LogP contribution >= 0.6 is 23.2 Å². The molecule has 0 amide bonds. The van der Waals surface area contributed by atoms with Crippen LogP contribution in [0.1, 0.15) is 17.4 Å². The van der Waals surface area contributed by atoms with Crippen molar-refractivity contribution in [2.75, 3.05) is 0 Å². The molecule has 3 N–H and O–H groups in total. The molecule has 0 aliphatic heterocycles. The Hall–Kier alpha value is -1.59. The number of nitrogens with one attached hydrogen (secondary N) is 1. The van der Waals surface area contributed by atoms with E-state index in [-0.39, 0.29) is 5.02 Å². The summed E-state index contributed by atoms with van der Waals surface area (Å²) in [6.07, 6.45) is 0. The maximum absolute atomic E-state index is 14.2. The molecular formula is C15H11Cl2FN2O. The first-order valence-electron chi connectivity index (χ1n) is 6.19. The average Bonchev–Trinajstić information content (AvgIpc) is 2.87. The molecule has 0 bridgehead atoms. The molecule has 0 saturated heterocycles. The largest absolute Gasteiger partial charge is 0.459 e. The molecule has 21 heavy (non-hydrogen) atoms. The van der Waals surface area contributed by atoms with Crippen molar-refractivity contribution >= 4 is 34.2 Å². The lowest BCUT2D eigenvalue weighted by Crippen LogP contribution is -2.29. The van der Waals surface area contributed by atoms with E-state index in [4.69, 9.17) is 33.5 Å². The van der Waals surface area contributed by atoms with Gasteiger partial charge in [0.1, 0.15) is 23.2 Å². The van der Waals surface area contributed by atoms with E-state index >= 15 is 0 Å². The monoisotopic (exact) mass is 324 g/mol. The molecule has 0 fully saturated rings. The van der Waals surface area contributed by atoms with Crippen molar-refractivity contribution in [2.24, 2.45) is 5.84 Å². The molecule has 0 saturated carbocycles. The first-order valence-corrected chi connectivity index (χ1v) is 6.95. The lowest BCUT2D eigenvalue weighted by molar-refractivity contribution is 0.463. The SMILES string of the molecule is NNC(c1cc2cc(Cl)ccc2o1)c1cccc(Cl)c1F. The highest BCUT2D eigenvalue weighted by Crippen LogP contribution is 2.32. The van der Waals surface area contributed by atoms with E-state index < -0.39 is 11.9 Å². The maximum atomic E-state index is 14.2. The minimum atomic E-state index is -0.644. The van der Waals surface area contributed by atoms with E-state index in [1.165, 1.54) is 6.07 Å². The summed E-state index contributed by atoms with van der Waals surface area (Å²) in [6, 6.07) is 11.1. The minimum Gasteiger partial charge on any atom is -0.459 e. The summed E-state index contributed by atoms with van der Waals surface area (Å²) in [6.45, 7) is 0. The number of fused-ring (bicyclic) bond motifs is 1. The molecule has 0 aliphatic carbocycles. The normalized spacial score (nSPS) is 12.8. The fraction of sp³-hybridized carbons (Fsp3) is 0.0667. The second-order valence-corrected chi connectivity index (χ2v) is 5.42. The van der Waals surface area contributed by atoms with Gasteiger partial charge in [0, 0.05) is 16.0 Å². The van der Waals surface area contributed by atoms with Crippen LogP contribution in [-0.2, 0) is 0 Å². The van der Waals surface area contributed by atoms with Crippen molar-refractivity contribution in [1.29, 1.82) is 0 Å². The van der Waals surface area contributed by atoms with Gasteiger partial charge < -0.3 is 4.42 Å². The fourth-order valence-electron chi connectivity index (χ4n) is 2.25. The quantitative estimate of drug-likeness (QED) is 0.553. The van der Waals surface area contributed by atoms with E-state index in [0.29, 0.717) is 21.9 Å². The van der Waals surface area contributed by atoms with Crippen LogP contribution in [0.15, 0.2) is 46.9 Å². The van der Waals surface area contributed by atoms with Crippen molar-refractivity contribution < 1.29 is 8.81 Å². The molecule has 1 unspecified atom stereocenters. The number of hydrogen-bond acceptors (Lipinski definition) is 3. The predicted octanol–water partition coefficient (Wildman–Crippen LogP) is 4.43. The van der Waals surface area contributed by atoms with Gasteiger partial charge in [-0.2, -0.15) is 0 Å². The Kier molecular flexibility index (Phi) is 3.87. The van der Waals surface area contributed by atoms with Gasteiger partial charge in [-0.15, -0.1) is 0 Å². The highest BCUT2D eigenvalue weighted by atomic mass is 35.5. The molecule has 3 rings (SSSR count). The Bertz CT molecular complexity index is 803. The van der Waals surface area contributed by atoms with Crippen molar-refractivity contribution in [3.05, 3.63) is 69.7 Å². The second kappa shape index (κ2) is 5.66. The van der Waals surface area contributed by atoms with Crippen LogP contribution < -0.4 is 11.3 Å². The standard InChI is InChI=1S/C15H11Cl2FN2O/c16-9-4-5-12-8(6-9)7-13(21-12)15(20-19)10-2-1-3-11(17)14(10)18/h1-7,15,20H,19H2. The van der Waals surface area contributed by atoms with Gasteiger partial charge in [0.2, 0.25) is 0 Å². The lowest BCUT2D eigenvalue weighted by Gasteiger charge is -2.15. The Morgan fingerprint density at radius 1 is 1.14 bits per heavy atom. The van der Waals surface area contributed by atoms with E-state index in [2.05, 4.69) is 5.43 Å². The molecule has 6 heteroatoms. The number of nitrogens with two attached hydrogens (primary N) is 1. The van der Waals surface area contributed by atoms with E-state index in [9.17, 15) is 4.39 Å². The van der Waals surface area contributed by atoms with E-state index in [1.54, 1.807) is 36.4 Å². The van der Waals surface area contributed by atoms with Crippen LogP contribution in [0.25, 0.3) is 11.0 Å². The summed E-state index contributed by atoms with van der Waals surface area (Å²) in [4.78, 5) is 0. The molecule has 3 aromatic rings. The smallest absolute Gasteiger partial charge is 0.147 e. The van der Waals surface area contributed by atoms with Gasteiger partial charge in [0.15, 0.2) is 0 Å². The number of hydrazine groups is 1. The molecule has 0 spiro atoms. The summed E-state index contributed by atoms with van der Waals surface area (Å²) < 4.78 is 19.9.